The molecular weight excluding hydrogens is 368 g/mol. The van der Waals surface area contributed by atoms with E-state index in [9.17, 15) is 0 Å². The lowest BCUT2D eigenvalue weighted by molar-refractivity contribution is -0.222. The minimum absolute atomic E-state index is 0.125. The molecule has 0 N–H and O–H groups in total. The fraction of sp³-hybridized carbons (Fsp3) is 0.400. The second-order valence-electron chi connectivity index (χ2n) is 6.03. The zero-order chi connectivity index (χ0) is 16.6. The molecule has 0 spiro atoms. The summed E-state index contributed by atoms with van der Waals surface area (Å²) >= 11 is 3.52. The van der Waals surface area contributed by atoms with Crippen LogP contribution in [0.3, 0.4) is 0 Å². The smallest absolute Gasteiger partial charge is 0.160 e. The van der Waals surface area contributed by atoms with E-state index in [2.05, 4.69) is 40.2 Å². The maximum Gasteiger partial charge on any atom is 0.160 e. The van der Waals surface area contributed by atoms with E-state index in [1.807, 2.05) is 36.4 Å². The topological polar surface area (TPSA) is 27.7 Å². The van der Waals surface area contributed by atoms with Crippen LogP contribution in [-0.4, -0.2) is 23.8 Å². The third-order valence-electron chi connectivity index (χ3n) is 4.10. The van der Waals surface area contributed by atoms with Gasteiger partial charge in [0.2, 0.25) is 0 Å². The first-order chi connectivity index (χ1) is 11.8. The molecular formula is C20H23BrO3. The number of hydrogen-bond acceptors (Lipinski definition) is 3. The predicted octanol–water partition coefficient (Wildman–Crippen LogP) is 4.69. The van der Waals surface area contributed by atoms with E-state index < -0.39 is 0 Å². The quantitative estimate of drug-likeness (QED) is 0.641. The highest BCUT2D eigenvalue weighted by molar-refractivity contribution is 9.09. The lowest BCUT2D eigenvalue weighted by atomic mass is 10.1. The average Bonchev–Trinajstić information content (AvgIpc) is 2.66. The normalized spacial score (nSPS) is 24.0. The molecule has 0 aromatic heterocycles. The summed E-state index contributed by atoms with van der Waals surface area (Å²) in [6, 6.07) is 20.4. The van der Waals surface area contributed by atoms with E-state index in [1.54, 1.807) is 0 Å². The standard InChI is InChI=1S/C20H23BrO3/c21-13-19-11-18(22-14-16-7-3-1-4-8-16)12-20(24-19)23-15-17-9-5-2-6-10-17/h1-10,18-20H,11-15H2. The van der Waals surface area contributed by atoms with Crippen LogP contribution in [0.4, 0.5) is 0 Å². The maximum atomic E-state index is 6.10. The zero-order valence-corrected chi connectivity index (χ0v) is 15.2. The molecule has 4 heteroatoms. The van der Waals surface area contributed by atoms with Crippen LogP contribution in [0, 0.1) is 0 Å². The van der Waals surface area contributed by atoms with Gasteiger partial charge in [-0.2, -0.15) is 0 Å². The Hall–Kier alpha value is -1.20. The van der Waals surface area contributed by atoms with Crippen LogP contribution in [0.1, 0.15) is 24.0 Å². The summed E-state index contributed by atoms with van der Waals surface area (Å²) in [5.41, 5.74) is 2.35. The Balaban J connectivity index is 1.51. The first-order valence-corrected chi connectivity index (χ1v) is 9.48. The van der Waals surface area contributed by atoms with Gasteiger partial charge in [0.15, 0.2) is 6.29 Å². The van der Waals surface area contributed by atoms with Gasteiger partial charge in [-0.05, 0) is 11.1 Å². The molecule has 3 unspecified atom stereocenters. The summed E-state index contributed by atoms with van der Waals surface area (Å²) in [6.45, 7) is 1.19. The predicted molar refractivity (Wildman–Crippen MR) is 97.9 cm³/mol. The number of alkyl halides is 1. The van der Waals surface area contributed by atoms with Crippen LogP contribution >= 0.6 is 15.9 Å². The van der Waals surface area contributed by atoms with E-state index >= 15 is 0 Å². The Bertz CT molecular complexity index is 539. The van der Waals surface area contributed by atoms with E-state index in [4.69, 9.17) is 14.2 Å². The molecule has 0 saturated carbocycles. The van der Waals surface area contributed by atoms with Crippen LogP contribution in [0.15, 0.2) is 60.7 Å². The molecule has 3 atom stereocenters. The summed E-state index contributed by atoms with van der Waals surface area (Å²) in [4.78, 5) is 0. The minimum Gasteiger partial charge on any atom is -0.373 e. The van der Waals surface area contributed by atoms with Crippen molar-refractivity contribution in [3.05, 3.63) is 71.8 Å². The summed E-state index contributed by atoms with van der Waals surface area (Å²) < 4.78 is 18.1. The van der Waals surface area contributed by atoms with Gasteiger partial charge < -0.3 is 14.2 Å². The van der Waals surface area contributed by atoms with Gasteiger partial charge in [0.25, 0.3) is 0 Å². The summed E-state index contributed by atoms with van der Waals surface area (Å²) in [7, 11) is 0. The summed E-state index contributed by atoms with van der Waals surface area (Å²) in [5, 5.41) is 0.795. The molecule has 128 valence electrons. The van der Waals surface area contributed by atoms with Gasteiger partial charge in [-0.25, -0.2) is 0 Å². The molecule has 0 aliphatic carbocycles. The van der Waals surface area contributed by atoms with Crippen molar-refractivity contribution in [2.75, 3.05) is 5.33 Å². The number of benzene rings is 2. The Morgan fingerprint density at radius 1 is 0.833 bits per heavy atom. The van der Waals surface area contributed by atoms with Gasteiger partial charge in [0, 0.05) is 18.2 Å². The van der Waals surface area contributed by atoms with Gasteiger partial charge in [0.1, 0.15) is 0 Å². The molecule has 2 aromatic carbocycles. The van der Waals surface area contributed by atoms with Crippen LogP contribution in [0.25, 0.3) is 0 Å². The number of halogens is 1. The Morgan fingerprint density at radius 3 is 2.00 bits per heavy atom. The second-order valence-corrected chi connectivity index (χ2v) is 6.68. The van der Waals surface area contributed by atoms with Crippen LogP contribution in [0.2, 0.25) is 0 Å². The van der Waals surface area contributed by atoms with Gasteiger partial charge in [-0.15, -0.1) is 0 Å². The number of rotatable bonds is 7. The second kappa shape index (κ2) is 9.33. The first kappa shape index (κ1) is 17.6. The highest BCUT2D eigenvalue weighted by Gasteiger charge is 2.30. The summed E-state index contributed by atoms with van der Waals surface area (Å²) in [6.07, 6.45) is 1.72. The molecule has 2 aromatic rings. The van der Waals surface area contributed by atoms with E-state index in [-0.39, 0.29) is 18.5 Å². The van der Waals surface area contributed by atoms with Crippen molar-refractivity contribution in [3.8, 4) is 0 Å². The maximum absolute atomic E-state index is 6.10. The van der Waals surface area contributed by atoms with Crippen molar-refractivity contribution in [1.82, 2.24) is 0 Å². The van der Waals surface area contributed by atoms with Crippen molar-refractivity contribution in [2.45, 2.75) is 44.6 Å². The largest absolute Gasteiger partial charge is 0.373 e. The molecule has 24 heavy (non-hydrogen) atoms. The van der Waals surface area contributed by atoms with E-state index in [0.29, 0.717) is 13.2 Å². The van der Waals surface area contributed by atoms with E-state index in [1.165, 1.54) is 5.56 Å². The zero-order valence-electron chi connectivity index (χ0n) is 13.6. The van der Waals surface area contributed by atoms with Crippen molar-refractivity contribution in [3.63, 3.8) is 0 Å². The van der Waals surface area contributed by atoms with Gasteiger partial charge in [0.05, 0.1) is 25.4 Å². The average molecular weight is 391 g/mol. The number of hydrogen-bond donors (Lipinski definition) is 0. The molecule has 1 aliphatic heterocycles. The monoisotopic (exact) mass is 390 g/mol. The van der Waals surface area contributed by atoms with Crippen molar-refractivity contribution in [2.24, 2.45) is 0 Å². The first-order valence-electron chi connectivity index (χ1n) is 8.36. The van der Waals surface area contributed by atoms with Crippen LogP contribution in [-0.2, 0) is 27.4 Å². The van der Waals surface area contributed by atoms with Crippen LogP contribution in [0.5, 0.6) is 0 Å². The van der Waals surface area contributed by atoms with Gasteiger partial charge in [-0.1, -0.05) is 76.6 Å². The molecule has 1 heterocycles. The summed E-state index contributed by atoms with van der Waals surface area (Å²) in [5.74, 6) is 0. The molecule has 1 saturated heterocycles. The minimum atomic E-state index is -0.220. The van der Waals surface area contributed by atoms with Crippen molar-refractivity contribution >= 4 is 15.9 Å². The molecule has 3 rings (SSSR count). The van der Waals surface area contributed by atoms with Crippen molar-refractivity contribution in [1.29, 1.82) is 0 Å². The third kappa shape index (κ3) is 5.42. The SMILES string of the molecule is BrCC1CC(OCc2ccccc2)CC(OCc2ccccc2)O1. The molecule has 3 nitrogen and oxygen atoms in total. The fourth-order valence-corrected chi connectivity index (χ4v) is 3.24. The van der Waals surface area contributed by atoms with Crippen molar-refractivity contribution < 1.29 is 14.2 Å². The highest BCUT2D eigenvalue weighted by Crippen LogP contribution is 2.25. The van der Waals surface area contributed by atoms with Crippen LogP contribution < -0.4 is 0 Å². The molecule has 1 fully saturated rings. The van der Waals surface area contributed by atoms with E-state index in [0.717, 1.165) is 23.7 Å². The fourth-order valence-electron chi connectivity index (χ4n) is 2.82. The molecule has 0 radical (unpaired) electrons. The van der Waals surface area contributed by atoms with Gasteiger partial charge in [-0.3, -0.25) is 0 Å². The Kier molecular flexibility index (Phi) is 6.85. The highest BCUT2D eigenvalue weighted by atomic mass is 79.9. The third-order valence-corrected chi connectivity index (χ3v) is 4.83. The molecule has 1 aliphatic rings. The number of ether oxygens (including phenoxy) is 3. The molecule has 0 amide bonds. The molecule has 0 bridgehead atoms. The lowest BCUT2D eigenvalue weighted by Crippen LogP contribution is -2.39. The lowest BCUT2D eigenvalue weighted by Gasteiger charge is -2.34. The Labute approximate surface area is 152 Å². The van der Waals surface area contributed by atoms with Gasteiger partial charge >= 0.3 is 0 Å². The Morgan fingerprint density at radius 2 is 1.42 bits per heavy atom.